The number of halogens is 1. The fourth-order valence-electron chi connectivity index (χ4n) is 2.29. The van der Waals surface area contributed by atoms with E-state index in [1.54, 1.807) is 6.07 Å². The van der Waals surface area contributed by atoms with E-state index >= 15 is 0 Å². The van der Waals surface area contributed by atoms with Crippen molar-refractivity contribution in [3.63, 3.8) is 0 Å². The summed E-state index contributed by atoms with van der Waals surface area (Å²) in [5, 5.41) is 0. The summed E-state index contributed by atoms with van der Waals surface area (Å²) < 4.78 is 18.8. The minimum absolute atomic E-state index is 0.206. The Morgan fingerprint density at radius 1 is 1.19 bits per heavy atom. The molecule has 0 aliphatic heterocycles. The smallest absolute Gasteiger partial charge is 0.167 e. The number of ether oxygens (including phenoxy) is 1. The Balaban J connectivity index is 2.39. The van der Waals surface area contributed by atoms with Crippen LogP contribution in [0.3, 0.4) is 0 Å². The van der Waals surface area contributed by atoms with Crippen molar-refractivity contribution in [1.29, 1.82) is 0 Å². The molecule has 0 bridgehead atoms. The predicted octanol–water partition coefficient (Wildman–Crippen LogP) is 3.83. The molecule has 0 spiro atoms. The Labute approximate surface area is 125 Å². The van der Waals surface area contributed by atoms with Crippen molar-refractivity contribution in [2.75, 3.05) is 17.7 Å². The molecule has 0 fully saturated rings. The van der Waals surface area contributed by atoms with E-state index < -0.39 is 5.82 Å². The van der Waals surface area contributed by atoms with E-state index in [2.05, 4.69) is 30.9 Å². The van der Waals surface area contributed by atoms with Gasteiger partial charge in [-0.3, -0.25) is 0 Å². The maximum Gasteiger partial charge on any atom is 0.167 e. The van der Waals surface area contributed by atoms with Crippen molar-refractivity contribution in [2.24, 2.45) is 0 Å². The van der Waals surface area contributed by atoms with Gasteiger partial charge in [-0.15, -0.1) is 0 Å². The van der Waals surface area contributed by atoms with Gasteiger partial charge in [0.05, 0.1) is 18.5 Å². The Kier molecular flexibility index (Phi) is 4.68. The number of nitrogens with two attached hydrogens (primary N) is 1. The molecular weight excluding hydrogens is 267 g/mol. The van der Waals surface area contributed by atoms with Crippen molar-refractivity contribution in [1.82, 2.24) is 0 Å². The monoisotopic (exact) mass is 288 g/mol. The first-order valence-electron chi connectivity index (χ1n) is 6.96. The predicted molar refractivity (Wildman–Crippen MR) is 85.1 cm³/mol. The Morgan fingerprint density at radius 3 is 2.43 bits per heavy atom. The standard InChI is InChI=1S/C17H21FN2O/c1-12(2)20(11-13-7-5-4-6-8-13)16-10-17(21-3)14(18)9-15(16)19/h4-10,12H,11,19H2,1-3H3. The summed E-state index contributed by atoms with van der Waals surface area (Å²) >= 11 is 0. The lowest BCUT2D eigenvalue weighted by Crippen LogP contribution is -2.30. The summed E-state index contributed by atoms with van der Waals surface area (Å²) in [5.74, 6) is -0.236. The maximum atomic E-state index is 13.7. The van der Waals surface area contributed by atoms with Gasteiger partial charge in [0.25, 0.3) is 0 Å². The fourth-order valence-corrected chi connectivity index (χ4v) is 2.29. The second kappa shape index (κ2) is 6.48. The molecule has 0 aliphatic rings. The molecule has 3 nitrogen and oxygen atoms in total. The van der Waals surface area contributed by atoms with Crippen LogP contribution in [0.25, 0.3) is 0 Å². The van der Waals surface area contributed by atoms with Gasteiger partial charge in [-0.05, 0) is 19.4 Å². The molecule has 2 rings (SSSR count). The minimum atomic E-state index is -0.442. The van der Waals surface area contributed by atoms with E-state index in [1.807, 2.05) is 18.2 Å². The molecule has 21 heavy (non-hydrogen) atoms. The first-order chi connectivity index (χ1) is 10.0. The molecule has 0 heterocycles. The Bertz CT molecular complexity index is 599. The normalized spacial score (nSPS) is 10.7. The summed E-state index contributed by atoms with van der Waals surface area (Å²) in [6, 6.07) is 13.3. The third kappa shape index (κ3) is 3.45. The van der Waals surface area contributed by atoms with E-state index in [0.29, 0.717) is 12.2 Å². The quantitative estimate of drug-likeness (QED) is 0.850. The first-order valence-corrected chi connectivity index (χ1v) is 6.96. The van der Waals surface area contributed by atoms with Crippen LogP contribution < -0.4 is 15.4 Å². The zero-order valence-electron chi connectivity index (χ0n) is 12.6. The fraction of sp³-hybridized carbons (Fsp3) is 0.294. The third-order valence-electron chi connectivity index (χ3n) is 3.43. The number of hydrogen-bond acceptors (Lipinski definition) is 3. The number of hydrogen-bond donors (Lipinski definition) is 1. The highest BCUT2D eigenvalue weighted by Gasteiger charge is 2.17. The van der Waals surface area contributed by atoms with Gasteiger partial charge >= 0.3 is 0 Å². The molecule has 0 aliphatic carbocycles. The molecule has 0 unspecified atom stereocenters. The highest BCUT2D eigenvalue weighted by atomic mass is 19.1. The van der Waals surface area contributed by atoms with E-state index in [0.717, 1.165) is 5.69 Å². The Hall–Kier alpha value is -2.23. The zero-order chi connectivity index (χ0) is 15.4. The van der Waals surface area contributed by atoms with Crippen LogP contribution in [-0.4, -0.2) is 13.2 Å². The molecular formula is C17H21FN2O. The van der Waals surface area contributed by atoms with Gasteiger partial charge in [-0.2, -0.15) is 0 Å². The minimum Gasteiger partial charge on any atom is -0.494 e. The molecule has 0 aromatic heterocycles. The number of rotatable bonds is 5. The lowest BCUT2D eigenvalue weighted by molar-refractivity contribution is 0.386. The molecule has 0 saturated carbocycles. The molecule has 0 amide bonds. The third-order valence-corrected chi connectivity index (χ3v) is 3.43. The van der Waals surface area contributed by atoms with Crippen molar-refractivity contribution < 1.29 is 9.13 Å². The first kappa shape index (κ1) is 15.2. The van der Waals surface area contributed by atoms with Crippen LogP contribution in [0.15, 0.2) is 42.5 Å². The van der Waals surface area contributed by atoms with Gasteiger partial charge in [0.15, 0.2) is 11.6 Å². The van der Waals surface area contributed by atoms with Crippen LogP contribution in [0.5, 0.6) is 5.75 Å². The summed E-state index contributed by atoms with van der Waals surface area (Å²) in [6.45, 7) is 4.87. The second-order valence-electron chi connectivity index (χ2n) is 5.25. The van der Waals surface area contributed by atoms with Gasteiger partial charge in [0.1, 0.15) is 0 Å². The average Bonchev–Trinajstić information content (AvgIpc) is 2.46. The summed E-state index contributed by atoms with van der Waals surface area (Å²) in [5.41, 5.74) is 8.37. The summed E-state index contributed by atoms with van der Waals surface area (Å²) in [6.07, 6.45) is 0. The Morgan fingerprint density at radius 2 is 1.86 bits per heavy atom. The van der Waals surface area contributed by atoms with Crippen LogP contribution in [0, 0.1) is 5.82 Å². The van der Waals surface area contributed by atoms with E-state index in [1.165, 1.54) is 18.7 Å². The van der Waals surface area contributed by atoms with Gasteiger partial charge in [0, 0.05) is 24.7 Å². The molecule has 2 N–H and O–H groups in total. The topological polar surface area (TPSA) is 38.5 Å². The molecule has 2 aromatic carbocycles. The SMILES string of the molecule is COc1cc(N(Cc2ccccc2)C(C)C)c(N)cc1F. The van der Waals surface area contributed by atoms with E-state index in [9.17, 15) is 4.39 Å². The van der Waals surface area contributed by atoms with Crippen LogP contribution in [0.4, 0.5) is 15.8 Å². The molecule has 0 atom stereocenters. The van der Waals surface area contributed by atoms with E-state index in [-0.39, 0.29) is 11.8 Å². The second-order valence-corrected chi connectivity index (χ2v) is 5.25. The van der Waals surface area contributed by atoms with Crippen molar-refractivity contribution in [2.45, 2.75) is 26.4 Å². The summed E-state index contributed by atoms with van der Waals surface area (Å²) in [4.78, 5) is 2.13. The molecule has 4 heteroatoms. The molecule has 2 aromatic rings. The maximum absolute atomic E-state index is 13.7. The number of benzene rings is 2. The number of anilines is 2. The average molecular weight is 288 g/mol. The van der Waals surface area contributed by atoms with Crippen LogP contribution >= 0.6 is 0 Å². The van der Waals surface area contributed by atoms with Crippen LogP contribution in [0.1, 0.15) is 19.4 Å². The largest absolute Gasteiger partial charge is 0.494 e. The van der Waals surface area contributed by atoms with Gasteiger partial charge in [0.2, 0.25) is 0 Å². The number of nitrogen functional groups attached to an aromatic ring is 1. The van der Waals surface area contributed by atoms with E-state index in [4.69, 9.17) is 10.5 Å². The highest BCUT2D eigenvalue weighted by Crippen LogP contribution is 2.33. The van der Waals surface area contributed by atoms with Crippen LogP contribution in [-0.2, 0) is 6.54 Å². The molecule has 112 valence electrons. The highest BCUT2D eigenvalue weighted by molar-refractivity contribution is 5.70. The summed E-state index contributed by atoms with van der Waals surface area (Å²) in [7, 11) is 1.45. The van der Waals surface area contributed by atoms with Crippen molar-refractivity contribution in [3.8, 4) is 5.75 Å². The lowest BCUT2D eigenvalue weighted by Gasteiger charge is -2.30. The van der Waals surface area contributed by atoms with Crippen molar-refractivity contribution >= 4 is 11.4 Å². The van der Waals surface area contributed by atoms with Gasteiger partial charge < -0.3 is 15.4 Å². The van der Waals surface area contributed by atoms with Crippen molar-refractivity contribution in [3.05, 3.63) is 53.8 Å². The number of nitrogens with zero attached hydrogens (tertiary/aromatic N) is 1. The number of methoxy groups -OCH3 is 1. The van der Waals surface area contributed by atoms with Gasteiger partial charge in [-0.1, -0.05) is 30.3 Å². The lowest BCUT2D eigenvalue weighted by atomic mass is 10.1. The van der Waals surface area contributed by atoms with Gasteiger partial charge in [-0.25, -0.2) is 4.39 Å². The zero-order valence-corrected chi connectivity index (χ0v) is 12.6. The molecule has 0 saturated heterocycles. The van der Waals surface area contributed by atoms with Crippen LogP contribution in [0.2, 0.25) is 0 Å². The molecule has 0 radical (unpaired) electrons.